The van der Waals surface area contributed by atoms with Gasteiger partial charge in [0.15, 0.2) is 16.7 Å². The van der Waals surface area contributed by atoms with E-state index in [0.29, 0.717) is 21.8 Å². The summed E-state index contributed by atoms with van der Waals surface area (Å²) in [4.78, 5) is 21.6. The van der Waals surface area contributed by atoms with E-state index in [0.717, 1.165) is 0 Å². The van der Waals surface area contributed by atoms with Crippen molar-refractivity contribution in [1.29, 1.82) is 0 Å². The maximum Gasteiger partial charge on any atom is 0.273 e. The Bertz CT molecular complexity index is 613. The molecule has 0 unspecified atom stereocenters. The molecule has 19 heavy (non-hydrogen) atoms. The molecule has 0 fully saturated rings. The van der Waals surface area contributed by atoms with Gasteiger partial charge in [-0.15, -0.1) is 0 Å². The predicted octanol–water partition coefficient (Wildman–Crippen LogP) is 1.74. The van der Waals surface area contributed by atoms with E-state index in [9.17, 15) is 4.79 Å². The molecular weight excluding hydrogens is 286 g/mol. The average Bonchev–Trinajstić information content (AvgIpc) is 2.86. The van der Waals surface area contributed by atoms with Crippen LogP contribution in [-0.2, 0) is 0 Å². The lowest BCUT2D eigenvalue weighted by Crippen LogP contribution is -2.22. The van der Waals surface area contributed by atoms with E-state index in [-0.39, 0.29) is 5.91 Å². The van der Waals surface area contributed by atoms with Gasteiger partial charge in [0.2, 0.25) is 0 Å². The van der Waals surface area contributed by atoms with Crippen LogP contribution in [0, 0.1) is 0 Å². The third kappa shape index (κ3) is 3.05. The number of rotatable bonds is 3. The van der Waals surface area contributed by atoms with Crippen LogP contribution in [0.2, 0.25) is 5.15 Å². The van der Waals surface area contributed by atoms with Crippen LogP contribution >= 0.6 is 23.4 Å². The molecule has 6 nitrogen and oxygen atoms in total. The highest BCUT2D eigenvalue weighted by Crippen LogP contribution is 2.16. The first-order valence-electron chi connectivity index (χ1n) is 5.37. The fraction of sp³-hybridized carbons (Fsp3) is 0.273. The SMILES string of the molecule is CSc1nc(Cl)cc(-n2ccc(C(=O)N(C)C)n2)n1. The highest BCUT2D eigenvalue weighted by molar-refractivity contribution is 7.98. The Morgan fingerprint density at radius 2 is 2.16 bits per heavy atom. The van der Waals surface area contributed by atoms with Crippen molar-refractivity contribution in [1.82, 2.24) is 24.6 Å². The normalized spacial score (nSPS) is 10.5. The van der Waals surface area contributed by atoms with E-state index in [4.69, 9.17) is 11.6 Å². The van der Waals surface area contributed by atoms with E-state index in [1.165, 1.54) is 21.3 Å². The van der Waals surface area contributed by atoms with Crippen LogP contribution in [0.3, 0.4) is 0 Å². The molecule has 0 saturated heterocycles. The highest BCUT2D eigenvalue weighted by Gasteiger charge is 2.13. The lowest BCUT2D eigenvalue weighted by Gasteiger charge is -2.07. The zero-order chi connectivity index (χ0) is 14.0. The number of aromatic nitrogens is 4. The van der Waals surface area contributed by atoms with Crippen LogP contribution in [0.1, 0.15) is 10.5 Å². The molecule has 0 saturated carbocycles. The van der Waals surface area contributed by atoms with Gasteiger partial charge < -0.3 is 4.90 Å². The number of thioether (sulfide) groups is 1. The van der Waals surface area contributed by atoms with Crippen molar-refractivity contribution in [2.75, 3.05) is 20.4 Å². The zero-order valence-corrected chi connectivity index (χ0v) is 12.2. The second-order valence-electron chi connectivity index (χ2n) is 3.88. The molecule has 2 heterocycles. The fourth-order valence-corrected chi connectivity index (χ4v) is 1.99. The van der Waals surface area contributed by atoms with Crippen LogP contribution in [0.4, 0.5) is 0 Å². The van der Waals surface area contributed by atoms with Gasteiger partial charge >= 0.3 is 0 Å². The van der Waals surface area contributed by atoms with Crippen LogP contribution in [0.25, 0.3) is 5.82 Å². The van der Waals surface area contributed by atoms with Gasteiger partial charge in [-0.2, -0.15) is 5.10 Å². The monoisotopic (exact) mass is 297 g/mol. The second kappa shape index (κ2) is 5.58. The highest BCUT2D eigenvalue weighted by atomic mass is 35.5. The molecule has 0 aliphatic rings. The van der Waals surface area contributed by atoms with Crippen LogP contribution in [0.15, 0.2) is 23.5 Å². The number of carbonyl (C=O) groups is 1. The maximum absolute atomic E-state index is 11.8. The molecule has 1 amide bonds. The summed E-state index contributed by atoms with van der Waals surface area (Å²) >= 11 is 7.30. The van der Waals surface area contributed by atoms with Crippen molar-refractivity contribution in [2.24, 2.45) is 0 Å². The number of halogens is 1. The summed E-state index contributed by atoms with van der Waals surface area (Å²) in [5.41, 5.74) is 0.352. The van der Waals surface area contributed by atoms with Gasteiger partial charge in [-0.25, -0.2) is 14.6 Å². The van der Waals surface area contributed by atoms with Gasteiger partial charge in [0.1, 0.15) is 5.15 Å². The maximum atomic E-state index is 11.8. The molecule has 2 aromatic rings. The molecule has 8 heteroatoms. The third-order valence-corrected chi connectivity index (χ3v) is 3.03. The van der Waals surface area contributed by atoms with Crippen molar-refractivity contribution in [3.05, 3.63) is 29.2 Å². The Hall–Kier alpha value is -1.60. The first kappa shape index (κ1) is 13.8. The van der Waals surface area contributed by atoms with E-state index in [1.807, 2.05) is 6.26 Å². The predicted molar refractivity (Wildman–Crippen MR) is 74.0 cm³/mol. The van der Waals surface area contributed by atoms with Gasteiger partial charge in [-0.1, -0.05) is 23.4 Å². The number of carbonyl (C=O) groups excluding carboxylic acids is 1. The Labute approximate surface area is 119 Å². The molecule has 0 bridgehead atoms. The Balaban J connectivity index is 2.37. The summed E-state index contributed by atoms with van der Waals surface area (Å²) in [6.07, 6.45) is 3.53. The average molecular weight is 298 g/mol. The van der Waals surface area contributed by atoms with Crippen molar-refractivity contribution in [3.63, 3.8) is 0 Å². The molecule has 0 aliphatic heterocycles. The molecule has 0 spiro atoms. The first-order chi connectivity index (χ1) is 9.01. The number of hydrogen-bond acceptors (Lipinski definition) is 5. The van der Waals surface area contributed by atoms with Crippen molar-refractivity contribution < 1.29 is 4.79 Å². The van der Waals surface area contributed by atoms with Crippen molar-refractivity contribution in [3.8, 4) is 5.82 Å². The molecule has 0 atom stereocenters. The fourth-order valence-electron chi connectivity index (χ4n) is 1.39. The molecule has 0 N–H and O–H groups in total. The van der Waals surface area contributed by atoms with Crippen LogP contribution < -0.4 is 0 Å². The topological polar surface area (TPSA) is 63.9 Å². The van der Waals surface area contributed by atoms with Crippen LogP contribution in [-0.4, -0.2) is 50.9 Å². The van der Waals surface area contributed by atoms with Gasteiger partial charge in [-0.05, 0) is 12.3 Å². The minimum Gasteiger partial charge on any atom is -0.343 e. The van der Waals surface area contributed by atoms with E-state index in [1.54, 1.807) is 32.4 Å². The summed E-state index contributed by atoms with van der Waals surface area (Å²) in [6.45, 7) is 0. The molecule has 0 aliphatic carbocycles. The standard InChI is InChI=1S/C11H12ClN5OS/c1-16(2)10(18)7-4-5-17(15-7)9-6-8(12)13-11(14-9)19-3/h4-6H,1-3H3. The largest absolute Gasteiger partial charge is 0.343 e. The second-order valence-corrected chi connectivity index (χ2v) is 5.04. The molecular formula is C11H12ClN5OS. The van der Waals surface area contributed by atoms with Gasteiger partial charge in [-0.3, -0.25) is 4.79 Å². The van der Waals surface area contributed by atoms with E-state index < -0.39 is 0 Å². The molecule has 0 radical (unpaired) electrons. The van der Waals surface area contributed by atoms with Crippen molar-refractivity contribution >= 4 is 29.3 Å². The number of nitrogens with zero attached hydrogens (tertiary/aromatic N) is 5. The minimum absolute atomic E-state index is 0.163. The zero-order valence-electron chi connectivity index (χ0n) is 10.7. The van der Waals surface area contributed by atoms with Gasteiger partial charge in [0.05, 0.1) is 0 Å². The lowest BCUT2D eigenvalue weighted by atomic mass is 10.4. The number of hydrogen-bond donors (Lipinski definition) is 0. The summed E-state index contributed by atoms with van der Waals surface area (Å²) in [7, 11) is 3.35. The summed E-state index contributed by atoms with van der Waals surface area (Å²) in [5, 5.41) is 5.08. The van der Waals surface area contributed by atoms with Gasteiger partial charge in [0.25, 0.3) is 5.91 Å². The first-order valence-corrected chi connectivity index (χ1v) is 6.98. The molecule has 100 valence electrons. The Kier molecular flexibility index (Phi) is 4.06. The summed E-state index contributed by atoms with van der Waals surface area (Å²) < 4.78 is 1.50. The Morgan fingerprint density at radius 1 is 1.42 bits per heavy atom. The Morgan fingerprint density at radius 3 is 2.79 bits per heavy atom. The summed E-state index contributed by atoms with van der Waals surface area (Å²) in [6, 6.07) is 3.23. The lowest BCUT2D eigenvalue weighted by molar-refractivity contribution is 0.0821. The third-order valence-electron chi connectivity index (χ3n) is 2.29. The van der Waals surface area contributed by atoms with Gasteiger partial charge in [0, 0.05) is 26.4 Å². The van der Waals surface area contributed by atoms with Crippen LogP contribution in [0.5, 0.6) is 0 Å². The molecule has 2 rings (SSSR count). The molecule has 0 aromatic carbocycles. The quantitative estimate of drug-likeness (QED) is 0.490. The van der Waals surface area contributed by atoms with E-state index in [2.05, 4.69) is 15.1 Å². The summed E-state index contributed by atoms with van der Waals surface area (Å²) in [5.74, 6) is 0.367. The number of amides is 1. The van der Waals surface area contributed by atoms with E-state index >= 15 is 0 Å². The van der Waals surface area contributed by atoms with Crippen molar-refractivity contribution in [2.45, 2.75) is 5.16 Å². The molecule has 2 aromatic heterocycles. The smallest absolute Gasteiger partial charge is 0.273 e. The minimum atomic E-state index is -0.163.